The maximum atomic E-state index is 13.0. The highest BCUT2D eigenvalue weighted by Gasteiger charge is 2.58. The fourth-order valence-electron chi connectivity index (χ4n) is 3.52. The number of anilines is 1. The molecule has 25 heavy (non-hydrogen) atoms. The van der Waals surface area contributed by atoms with Crippen molar-refractivity contribution >= 4 is 29.1 Å². The van der Waals surface area contributed by atoms with Crippen LogP contribution in [-0.2, 0) is 16.9 Å². The molecule has 1 spiro atoms. The zero-order chi connectivity index (χ0) is 17.6. The highest BCUT2D eigenvalue weighted by atomic mass is 35.5. The van der Waals surface area contributed by atoms with Crippen molar-refractivity contribution in [2.45, 2.75) is 38.3 Å². The number of amides is 2. The Balaban J connectivity index is 1.67. The minimum atomic E-state index is -0.287. The number of rotatable bonds is 4. The number of carbonyl (C=O) groups is 2. The van der Waals surface area contributed by atoms with Gasteiger partial charge < -0.3 is 5.32 Å². The number of carbonyl (C=O) groups excluding carboxylic acids is 2. The van der Waals surface area contributed by atoms with Crippen molar-refractivity contribution in [1.29, 1.82) is 0 Å². The van der Waals surface area contributed by atoms with E-state index in [2.05, 4.69) is 10.3 Å². The molecule has 1 aromatic carbocycles. The van der Waals surface area contributed by atoms with Gasteiger partial charge in [0.2, 0.25) is 5.91 Å². The van der Waals surface area contributed by atoms with Gasteiger partial charge >= 0.3 is 0 Å². The molecule has 1 saturated carbocycles. The second-order valence-corrected chi connectivity index (χ2v) is 6.98. The van der Waals surface area contributed by atoms with E-state index in [9.17, 15) is 9.59 Å². The molecule has 1 aromatic heterocycles. The van der Waals surface area contributed by atoms with Gasteiger partial charge in [0, 0.05) is 29.7 Å². The van der Waals surface area contributed by atoms with Gasteiger partial charge in [0.25, 0.3) is 5.91 Å². The topological polar surface area (TPSA) is 62.3 Å². The molecule has 2 aliphatic rings. The minimum absolute atomic E-state index is 0.0108. The molecule has 2 heterocycles. The van der Waals surface area contributed by atoms with Gasteiger partial charge in [-0.1, -0.05) is 18.5 Å². The van der Waals surface area contributed by atoms with E-state index in [0.29, 0.717) is 23.6 Å². The fraction of sp³-hybridized carbons (Fsp3) is 0.316. The minimum Gasteiger partial charge on any atom is -0.352 e. The third kappa shape index (κ3) is 2.59. The van der Waals surface area contributed by atoms with Gasteiger partial charge in [0.05, 0.1) is 17.4 Å². The molecule has 2 aromatic rings. The predicted octanol–water partition coefficient (Wildman–Crippen LogP) is 3.41. The standard InChI is InChI=1S/C19H18ClN3O2/c1-2-17(24)22-10-12-7-14(11-21-9-12)23-18(25)15-4-3-13(20)8-16(15)19(23)5-6-19/h3-4,7-9,11H,2,5-6,10H2,1H3,(H,22,24). The Kier molecular flexibility index (Phi) is 3.76. The molecular formula is C19H18ClN3O2. The monoisotopic (exact) mass is 355 g/mol. The highest BCUT2D eigenvalue weighted by molar-refractivity contribution is 6.31. The quantitative estimate of drug-likeness (QED) is 0.914. The molecule has 1 fully saturated rings. The average molecular weight is 356 g/mol. The summed E-state index contributed by atoms with van der Waals surface area (Å²) >= 11 is 6.15. The van der Waals surface area contributed by atoms with E-state index in [4.69, 9.17) is 11.6 Å². The number of nitrogens with zero attached hydrogens (tertiary/aromatic N) is 2. The summed E-state index contributed by atoms with van der Waals surface area (Å²) in [7, 11) is 0. The first-order chi connectivity index (χ1) is 12.0. The Labute approximate surface area is 151 Å². The van der Waals surface area contributed by atoms with Crippen LogP contribution in [0, 0.1) is 0 Å². The van der Waals surface area contributed by atoms with Gasteiger partial charge in [-0.3, -0.25) is 19.5 Å². The van der Waals surface area contributed by atoms with Crippen LogP contribution in [0.2, 0.25) is 5.02 Å². The normalized spacial score (nSPS) is 16.9. The Bertz CT molecular complexity index is 877. The lowest BCUT2D eigenvalue weighted by Crippen LogP contribution is -2.33. The van der Waals surface area contributed by atoms with Crippen molar-refractivity contribution < 1.29 is 9.59 Å². The zero-order valence-electron chi connectivity index (χ0n) is 13.9. The molecule has 6 heteroatoms. The van der Waals surface area contributed by atoms with Gasteiger partial charge in [0.15, 0.2) is 0 Å². The van der Waals surface area contributed by atoms with Crippen LogP contribution in [-0.4, -0.2) is 16.8 Å². The molecule has 0 radical (unpaired) electrons. The summed E-state index contributed by atoms with van der Waals surface area (Å²) in [6, 6.07) is 7.39. The van der Waals surface area contributed by atoms with Gasteiger partial charge in [-0.15, -0.1) is 0 Å². The molecule has 128 valence electrons. The van der Waals surface area contributed by atoms with Gasteiger partial charge in [0.1, 0.15) is 0 Å². The molecule has 2 amide bonds. The summed E-state index contributed by atoms with van der Waals surface area (Å²) < 4.78 is 0. The number of hydrogen-bond acceptors (Lipinski definition) is 3. The number of halogens is 1. The Hall–Kier alpha value is -2.40. The molecule has 0 unspecified atom stereocenters. The van der Waals surface area contributed by atoms with E-state index in [1.165, 1.54) is 0 Å². The molecule has 4 rings (SSSR count). The van der Waals surface area contributed by atoms with E-state index in [-0.39, 0.29) is 17.4 Å². The van der Waals surface area contributed by atoms with Crippen LogP contribution in [0.25, 0.3) is 0 Å². The van der Waals surface area contributed by atoms with Crippen LogP contribution in [0.1, 0.15) is 47.7 Å². The van der Waals surface area contributed by atoms with Crippen molar-refractivity contribution in [2.24, 2.45) is 0 Å². The van der Waals surface area contributed by atoms with Crippen molar-refractivity contribution in [1.82, 2.24) is 10.3 Å². The first-order valence-electron chi connectivity index (χ1n) is 8.40. The lowest BCUT2D eigenvalue weighted by molar-refractivity contribution is -0.120. The average Bonchev–Trinajstić information content (AvgIpc) is 3.37. The maximum Gasteiger partial charge on any atom is 0.259 e. The summed E-state index contributed by atoms with van der Waals surface area (Å²) in [6.07, 6.45) is 5.70. The van der Waals surface area contributed by atoms with Gasteiger partial charge in [-0.2, -0.15) is 0 Å². The van der Waals surface area contributed by atoms with Crippen LogP contribution in [0.5, 0.6) is 0 Å². The second-order valence-electron chi connectivity index (χ2n) is 6.54. The SMILES string of the molecule is CCC(=O)NCc1cncc(N2C(=O)c3ccc(Cl)cc3C23CC3)c1. The lowest BCUT2D eigenvalue weighted by Gasteiger charge is -2.25. The van der Waals surface area contributed by atoms with Crippen LogP contribution >= 0.6 is 11.6 Å². The Morgan fingerprint density at radius 3 is 2.84 bits per heavy atom. The first kappa shape index (κ1) is 16.1. The fourth-order valence-corrected chi connectivity index (χ4v) is 3.69. The van der Waals surface area contributed by atoms with Crippen molar-refractivity contribution in [3.8, 4) is 0 Å². The van der Waals surface area contributed by atoms with Crippen molar-refractivity contribution in [3.05, 3.63) is 58.4 Å². The molecule has 1 aliphatic heterocycles. The number of nitrogens with one attached hydrogen (secondary N) is 1. The van der Waals surface area contributed by atoms with E-state index >= 15 is 0 Å². The van der Waals surface area contributed by atoms with E-state index in [1.807, 2.05) is 24.0 Å². The predicted molar refractivity (Wildman–Crippen MR) is 95.5 cm³/mol. The Morgan fingerprint density at radius 2 is 2.12 bits per heavy atom. The number of fused-ring (bicyclic) bond motifs is 2. The van der Waals surface area contributed by atoms with E-state index in [0.717, 1.165) is 29.7 Å². The van der Waals surface area contributed by atoms with Gasteiger partial charge in [-0.25, -0.2) is 0 Å². The highest BCUT2D eigenvalue weighted by Crippen LogP contribution is 2.58. The Morgan fingerprint density at radius 1 is 1.32 bits per heavy atom. The summed E-state index contributed by atoms with van der Waals surface area (Å²) in [5.41, 5.74) is 3.07. The first-order valence-corrected chi connectivity index (χ1v) is 8.78. The number of aromatic nitrogens is 1. The van der Waals surface area contributed by atoms with Crippen LogP contribution < -0.4 is 10.2 Å². The third-order valence-corrected chi connectivity index (χ3v) is 5.15. The van der Waals surface area contributed by atoms with E-state index in [1.54, 1.807) is 24.5 Å². The summed E-state index contributed by atoms with van der Waals surface area (Å²) in [4.78, 5) is 30.5. The largest absolute Gasteiger partial charge is 0.352 e. The number of pyridine rings is 1. The van der Waals surface area contributed by atoms with Crippen LogP contribution in [0.15, 0.2) is 36.7 Å². The molecular weight excluding hydrogens is 338 g/mol. The van der Waals surface area contributed by atoms with Crippen LogP contribution in [0.4, 0.5) is 5.69 Å². The molecule has 0 bridgehead atoms. The molecule has 0 atom stereocenters. The molecule has 5 nitrogen and oxygen atoms in total. The third-order valence-electron chi connectivity index (χ3n) is 4.92. The maximum absolute atomic E-state index is 13.0. The number of benzene rings is 1. The van der Waals surface area contributed by atoms with E-state index < -0.39 is 0 Å². The molecule has 1 N–H and O–H groups in total. The molecule has 0 saturated heterocycles. The van der Waals surface area contributed by atoms with Crippen molar-refractivity contribution in [3.63, 3.8) is 0 Å². The lowest BCUT2D eigenvalue weighted by atomic mass is 10.0. The van der Waals surface area contributed by atoms with Gasteiger partial charge in [-0.05, 0) is 48.2 Å². The zero-order valence-corrected chi connectivity index (χ0v) is 14.6. The smallest absolute Gasteiger partial charge is 0.259 e. The molecule has 1 aliphatic carbocycles. The summed E-state index contributed by atoms with van der Waals surface area (Å²) in [6.45, 7) is 2.22. The summed E-state index contributed by atoms with van der Waals surface area (Å²) in [5, 5.41) is 3.49. The summed E-state index contributed by atoms with van der Waals surface area (Å²) in [5.74, 6) is -0.0240. The number of hydrogen-bond donors (Lipinski definition) is 1. The second kappa shape index (κ2) is 5.85. The van der Waals surface area contributed by atoms with Crippen LogP contribution in [0.3, 0.4) is 0 Å². The van der Waals surface area contributed by atoms with Crippen molar-refractivity contribution in [2.75, 3.05) is 4.90 Å².